The first-order valence-corrected chi connectivity index (χ1v) is 4.53. The van der Waals surface area contributed by atoms with Crippen molar-refractivity contribution in [2.45, 2.75) is 33.0 Å². The zero-order valence-electron chi connectivity index (χ0n) is 8.08. The van der Waals surface area contributed by atoms with Gasteiger partial charge in [0.1, 0.15) is 6.10 Å². The molecule has 1 aliphatic rings. The van der Waals surface area contributed by atoms with Crippen LogP contribution in [0.2, 0.25) is 0 Å². The SMILES string of the molecule is C=C1C(CO)O[C@@H](C)C(C)[C@H]1C. The molecular formula is C10H18O2. The molecule has 0 aromatic rings. The molecule has 0 aliphatic carbocycles. The minimum absolute atomic E-state index is 0.0558. The predicted molar refractivity (Wildman–Crippen MR) is 48.9 cm³/mol. The Bertz CT molecular complexity index is 173. The predicted octanol–water partition coefficient (Wildman–Crippen LogP) is 1.59. The molecule has 1 N–H and O–H groups in total. The van der Waals surface area contributed by atoms with Crippen molar-refractivity contribution in [3.05, 3.63) is 12.2 Å². The summed E-state index contributed by atoms with van der Waals surface area (Å²) in [5.41, 5.74) is 1.03. The Labute approximate surface area is 74.2 Å². The molecule has 1 saturated heterocycles. The van der Waals surface area contributed by atoms with E-state index in [1.807, 2.05) is 0 Å². The highest BCUT2D eigenvalue weighted by molar-refractivity contribution is 5.11. The van der Waals surface area contributed by atoms with Crippen LogP contribution in [0.15, 0.2) is 12.2 Å². The van der Waals surface area contributed by atoms with Gasteiger partial charge in [0.15, 0.2) is 0 Å². The van der Waals surface area contributed by atoms with Crippen LogP contribution in [0.1, 0.15) is 20.8 Å². The minimum atomic E-state index is -0.147. The van der Waals surface area contributed by atoms with E-state index in [9.17, 15) is 0 Å². The molecule has 0 aromatic heterocycles. The Morgan fingerprint density at radius 2 is 2.00 bits per heavy atom. The highest BCUT2D eigenvalue weighted by Gasteiger charge is 2.33. The van der Waals surface area contributed by atoms with Crippen LogP contribution in [-0.2, 0) is 4.74 Å². The Balaban J connectivity index is 2.70. The highest BCUT2D eigenvalue weighted by atomic mass is 16.5. The van der Waals surface area contributed by atoms with E-state index in [2.05, 4.69) is 27.4 Å². The molecule has 0 amide bonds. The molecule has 0 spiro atoms. The summed E-state index contributed by atoms with van der Waals surface area (Å²) in [6.45, 7) is 10.4. The van der Waals surface area contributed by atoms with Crippen molar-refractivity contribution in [1.29, 1.82) is 0 Å². The van der Waals surface area contributed by atoms with Crippen LogP contribution in [0.25, 0.3) is 0 Å². The van der Waals surface area contributed by atoms with Crippen molar-refractivity contribution < 1.29 is 9.84 Å². The lowest BCUT2D eigenvalue weighted by molar-refractivity contribution is -0.0737. The quantitative estimate of drug-likeness (QED) is 0.606. The van der Waals surface area contributed by atoms with Crippen molar-refractivity contribution >= 4 is 0 Å². The second-order valence-corrected chi connectivity index (χ2v) is 3.74. The molecule has 70 valence electrons. The first-order valence-electron chi connectivity index (χ1n) is 4.53. The van der Waals surface area contributed by atoms with E-state index in [0.29, 0.717) is 11.8 Å². The minimum Gasteiger partial charge on any atom is -0.393 e. The largest absolute Gasteiger partial charge is 0.393 e. The smallest absolute Gasteiger partial charge is 0.102 e. The fourth-order valence-corrected chi connectivity index (χ4v) is 1.67. The number of aliphatic hydroxyl groups is 1. The van der Waals surface area contributed by atoms with E-state index in [0.717, 1.165) is 5.57 Å². The number of hydrogen-bond donors (Lipinski definition) is 1. The van der Waals surface area contributed by atoms with Crippen LogP contribution in [-0.4, -0.2) is 23.9 Å². The maximum Gasteiger partial charge on any atom is 0.102 e. The fourth-order valence-electron chi connectivity index (χ4n) is 1.67. The van der Waals surface area contributed by atoms with Crippen LogP contribution in [0, 0.1) is 11.8 Å². The zero-order valence-corrected chi connectivity index (χ0v) is 8.08. The third-order valence-electron chi connectivity index (χ3n) is 3.07. The van der Waals surface area contributed by atoms with E-state index in [4.69, 9.17) is 9.84 Å². The van der Waals surface area contributed by atoms with Crippen molar-refractivity contribution in [3.63, 3.8) is 0 Å². The highest BCUT2D eigenvalue weighted by Crippen LogP contribution is 2.32. The van der Waals surface area contributed by atoms with Crippen LogP contribution < -0.4 is 0 Å². The molecule has 2 heteroatoms. The lowest BCUT2D eigenvalue weighted by Crippen LogP contribution is -2.40. The maximum atomic E-state index is 9.00. The fraction of sp³-hybridized carbons (Fsp3) is 0.800. The second kappa shape index (κ2) is 3.58. The monoisotopic (exact) mass is 170 g/mol. The topological polar surface area (TPSA) is 29.5 Å². The molecule has 12 heavy (non-hydrogen) atoms. The van der Waals surface area contributed by atoms with Crippen LogP contribution in [0.5, 0.6) is 0 Å². The van der Waals surface area contributed by atoms with Crippen molar-refractivity contribution in [2.75, 3.05) is 6.61 Å². The molecule has 0 saturated carbocycles. The normalized spacial score (nSPS) is 43.2. The van der Waals surface area contributed by atoms with E-state index in [1.54, 1.807) is 0 Å². The molecule has 1 heterocycles. The van der Waals surface area contributed by atoms with E-state index in [-0.39, 0.29) is 18.8 Å². The average Bonchev–Trinajstić information content (AvgIpc) is 2.08. The van der Waals surface area contributed by atoms with Gasteiger partial charge in [-0.3, -0.25) is 0 Å². The van der Waals surface area contributed by atoms with Gasteiger partial charge < -0.3 is 9.84 Å². The van der Waals surface area contributed by atoms with Gasteiger partial charge in [-0.25, -0.2) is 0 Å². The van der Waals surface area contributed by atoms with Gasteiger partial charge in [0.05, 0.1) is 12.7 Å². The molecule has 4 atom stereocenters. The van der Waals surface area contributed by atoms with Gasteiger partial charge in [0.2, 0.25) is 0 Å². The van der Waals surface area contributed by atoms with Gasteiger partial charge in [-0.15, -0.1) is 0 Å². The third kappa shape index (κ3) is 1.54. The molecule has 2 nitrogen and oxygen atoms in total. The van der Waals surface area contributed by atoms with Crippen LogP contribution in [0.3, 0.4) is 0 Å². The summed E-state index contributed by atoms with van der Waals surface area (Å²) in [6.07, 6.45) is 0.0776. The Morgan fingerprint density at radius 3 is 2.50 bits per heavy atom. The summed E-state index contributed by atoms with van der Waals surface area (Å²) in [7, 11) is 0. The van der Waals surface area contributed by atoms with E-state index >= 15 is 0 Å². The summed E-state index contributed by atoms with van der Waals surface area (Å²) < 4.78 is 5.58. The van der Waals surface area contributed by atoms with Gasteiger partial charge in [-0.05, 0) is 24.3 Å². The number of rotatable bonds is 1. The van der Waals surface area contributed by atoms with Crippen molar-refractivity contribution in [1.82, 2.24) is 0 Å². The summed E-state index contributed by atoms with van der Waals surface area (Å²) >= 11 is 0. The zero-order chi connectivity index (χ0) is 9.30. The summed E-state index contributed by atoms with van der Waals surface area (Å²) in [4.78, 5) is 0. The van der Waals surface area contributed by atoms with Crippen molar-refractivity contribution in [2.24, 2.45) is 11.8 Å². The van der Waals surface area contributed by atoms with Gasteiger partial charge in [-0.1, -0.05) is 20.4 Å². The van der Waals surface area contributed by atoms with Gasteiger partial charge >= 0.3 is 0 Å². The lowest BCUT2D eigenvalue weighted by Gasteiger charge is -2.38. The molecule has 0 aromatic carbocycles. The Hall–Kier alpha value is -0.340. The lowest BCUT2D eigenvalue weighted by atomic mass is 9.81. The average molecular weight is 170 g/mol. The van der Waals surface area contributed by atoms with Crippen LogP contribution >= 0.6 is 0 Å². The van der Waals surface area contributed by atoms with Crippen LogP contribution in [0.4, 0.5) is 0 Å². The second-order valence-electron chi connectivity index (χ2n) is 3.74. The molecule has 1 aliphatic heterocycles. The van der Waals surface area contributed by atoms with Gasteiger partial charge in [0.25, 0.3) is 0 Å². The molecule has 0 bridgehead atoms. The molecule has 1 rings (SSSR count). The van der Waals surface area contributed by atoms with E-state index in [1.165, 1.54) is 0 Å². The first-order chi connectivity index (χ1) is 5.57. The van der Waals surface area contributed by atoms with Crippen molar-refractivity contribution in [3.8, 4) is 0 Å². The number of aliphatic hydroxyl groups excluding tert-OH is 1. The molecule has 0 radical (unpaired) electrons. The van der Waals surface area contributed by atoms with Gasteiger partial charge in [-0.2, -0.15) is 0 Å². The molecule has 2 unspecified atom stereocenters. The van der Waals surface area contributed by atoms with Gasteiger partial charge in [0, 0.05) is 0 Å². The Morgan fingerprint density at radius 1 is 1.42 bits per heavy atom. The molecule has 1 fully saturated rings. The Kier molecular flexibility index (Phi) is 2.91. The summed E-state index contributed by atoms with van der Waals surface area (Å²) in [5, 5.41) is 9.00. The summed E-state index contributed by atoms with van der Waals surface area (Å²) in [6, 6.07) is 0. The molecular weight excluding hydrogens is 152 g/mol. The number of hydrogen-bond acceptors (Lipinski definition) is 2. The maximum absolute atomic E-state index is 9.00. The number of ether oxygens (including phenoxy) is 1. The standard InChI is InChI=1S/C10H18O2/c1-6-7(2)9(4)12-10(5-11)8(6)3/h6-7,9-11H,3,5H2,1-2,4H3/t6-,7?,9+,10?/m1/s1. The first kappa shape index (κ1) is 9.75. The van der Waals surface area contributed by atoms with E-state index < -0.39 is 0 Å². The third-order valence-corrected chi connectivity index (χ3v) is 3.07. The summed E-state index contributed by atoms with van der Waals surface area (Å²) in [5.74, 6) is 0.950.